The molecule has 0 unspecified atom stereocenters. The molecule has 0 aliphatic heterocycles. The number of carbonyl (C=O) groups is 1. The van der Waals surface area contributed by atoms with E-state index in [1.807, 2.05) is 0 Å². The molecule has 0 heterocycles. The van der Waals surface area contributed by atoms with E-state index in [-0.39, 0.29) is 29.2 Å². The summed E-state index contributed by atoms with van der Waals surface area (Å²) in [4.78, 5) is 13.7. The van der Waals surface area contributed by atoms with Gasteiger partial charge in [-0.1, -0.05) is 24.3 Å². The highest BCUT2D eigenvalue weighted by molar-refractivity contribution is 7.89. The first-order valence-electron chi connectivity index (χ1n) is 12.5. The maximum absolute atomic E-state index is 13.7. The maximum atomic E-state index is 13.7. The monoisotopic (exact) mass is 564 g/mol. The Morgan fingerprint density at radius 1 is 0.750 bits per heavy atom. The molecule has 9 nitrogen and oxygen atoms in total. The SMILES string of the molecule is COc1ccc(/C=C2\CC(NS(=O)(=O)c3ccccc3N)C/C(=C\c3ccc(OC)c(OC)c3)C2=O)cc1OC. The first-order valence-corrected chi connectivity index (χ1v) is 13.9. The number of anilines is 1. The number of nitrogen functional groups attached to an aromatic ring is 1. The smallest absolute Gasteiger partial charge is 0.242 e. The predicted octanol–water partition coefficient (Wildman–Crippen LogP) is 4.48. The molecule has 3 aromatic rings. The zero-order chi connectivity index (χ0) is 28.9. The second-order valence-electron chi connectivity index (χ2n) is 9.16. The lowest BCUT2D eigenvalue weighted by Crippen LogP contribution is -2.39. The highest BCUT2D eigenvalue weighted by Crippen LogP contribution is 2.34. The largest absolute Gasteiger partial charge is 0.493 e. The van der Waals surface area contributed by atoms with Crippen molar-refractivity contribution in [3.63, 3.8) is 0 Å². The van der Waals surface area contributed by atoms with Crippen LogP contribution in [0.3, 0.4) is 0 Å². The Morgan fingerprint density at radius 2 is 1.23 bits per heavy atom. The molecule has 0 aromatic heterocycles. The van der Waals surface area contributed by atoms with E-state index in [0.717, 1.165) is 0 Å². The van der Waals surface area contributed by atoms with Gasteiger partial charge in [0, 0.05) is 17.2 Å². The van der Waals surface area contributed by atoms with Crippen molar-refractivity contribution >= 4 is 33.6 Å². The van der Waals surface area contributed by atoms with E-state index < -0.39 is 16.1 Å². The fourth-order valence-corrected chi connectivity index (χ4v) is 5.99. The second-order valence-corrected chi connectivity index (χ2v) is 10.8. The third-order valence-corrected chi connectivity index (χ3v) is 8.14. The van der Waals surface area contributed by atoms with Gasteiger partial charge < -0.3 is 24.7 Å². The van der Waals surface area contributed by atoms with Crippen LogP contribution < -0.4 is 29.4 Å². The Labute approximate surface area is 234 Å². The minimum absolute atomic E-state index is 0.0114. The van der Waals surface area contributed by atoms with Crippen molar-refractivity contribution in [3.8, 4) is 23.0 Å². The summed E-state index contributed by atoms with van der Waals surface area (Å²) in [5, 5.41) is 0. The van der Waals surface area contributed by atoms with Gasteiger partial charge in [-0.3, -0.25) is 4.79 Å². The van der Waals surface area contributed by atoms with E-state index in [2.05, 4.69) is 4.72 Å². The van der Waals surface area contributed by atoms with Crippen LogP contribution in [-0.2, 0) is 14.8 Å². The molecule has 0 spiro atoms. The van der Waals surface area contributed by atoms with Crippen molar-refractivity contribution in [1.82, 2.24) is 4.72 Å². The molecular formula is C30H32N2O7S. The topological polar surface area (TPSA) is 126 Å². The van der Waals surface area contributed by atoms with Crippen LogP contribution in [0.25, 0.3) is 12.2 Å². The molecule has 0 bridgehead atoms. The Balaban J connectivity index is 1.75. The van der Waals surface area contributed by atoms with Crippen molar-refractivity contribution in [1.29, 1.82) is 0 Å². The first-order chi connectivity index (χ1) is 19.2. The van der Waals surface area contributed by atoms with E-state index >= 15 is 0 Å². The highest BCUT2D eigenvalue weighted by Gasteiger charge is 2.31. The van der Waals surface area contributed by atoms with Gasteiger partial charge in [-0.25, -0.2) is 13.1 Å². The normalized spacial score (nSPS) is 17.6. The van der Waals surface area contributed by atoms with Crippen LogP contribution in [0.5, 0.6) is 23.0 Å². The number of sulfonamides is 1. The van der Waals surface area contributed by atoms with Crippen molar-refractivity contribution < 1.29 is 32.2 Å². The minimum Gasteiger partial charge on any atom is -0.493 e. The number of methoxy groups -OCH3 is 4. The summed E-state index contributed by atoms with van der Waals surface area (Å²) in [6, 6.07) is 16.3. The van der Waals surface area contributed by atoms with Gasteiger partial charge in [0.2, 0.25) is 10.0 Å². The number of benzene rings is 3. The zero-order valence-electron chi connectivity index (χ0n) is 22.8. The zero-order valence-corrected chi connectivity index (χ0v) is 23.6. The average molecular weight is 565 g/mol. The molecule has 210 valence electrons. The standard InChI is InChI=1S/C30H32N2O7S/c1-36-25-11-9-19(15-27(25)38-3)13-21-17-23(32-40(34,35)29-8-6-5-7-24(29)31)18-22(30(21)33)14-20-10-12-26(37-2)28(16-20)39-4/h5-16,23,32H,17-18,31H2,1-4H3/b21-13+,22-14+. The molecule has 0 saturated heterocycles. The van der Waals surface area contributed by atoms with Crippen molar-refractivity contribution in [2.75, 3.05) is 34.2 Å². The van der Waals surface area contributed by atoms with Crippen molar-refractivity contribution in [2.24, 2.45) is 0 Å². The fraction of sp³-hybridized carbons (Fsp3) is 0.233. The summed E-state index contributed by atoms with van der Waals surface area (Å²) in [6.45, 7) is 0. The van der Waals surface area contributed by atoms with Crippen LogP contribution in [0.15, 0.2) is 76.7 Å². The highest BCUT2D eigenvalue weighted by atomic mass is 32.2. The number of hydrogen-bond donors (Lipinski definition) is 2. The van der Waals surface area contributed by atoms with E-state index in [0.29, 0.717) is 45.3 Å². The van der Waals surface area contributed by atoms with E-state index in [4.69, 9.17) is 24.7 Å². The van der Waals surface area contributed by atoms with Crippen LogP contribution in [-0.4, -0.2) is 48.7 Å². The van der Waals surface area contributed by atoms with Crippen LogP contribution in [0, 0.1) is 0 Å². The third kappa shape index (κ3) is 6.30. The molecule has 3 N–H and O–H groups in total. The number of carbonyl (C=O) groups excluding carboxylic acids is 1. The van der Waals surface area contributed by atoms with Gasteiger partial charge in [-0.2, -0.15) is 0 Å². The fourth-order valence-electron chi connectivity index (χ4n) is 4.62. The quantitative estimate of drug-likeness (QED) is 0.288. The molecule has 40 heavy (non-hydrogen) atoms. The van der Waals surface area contributed by atoms with Gasteiger partial charge in [0.15, 0.2) is 28.8 Å². The minimum atomic E-state index is -3.95. The van der Waals surface area contributed by atoms with Crippen LogP contribution in [0.1, 0.15) is 24.0 Å². The average Bonchev–Trinajstić information content (AvgIpc) is 2.95. The lowest BCUT2D eigenvalue weighted by Gasteiger charge is -2.27. The van der Waals surface area contributed by atoms with Gasteiger partial charge >= 0.3 is 0 Å². The Morgan fingerprint density at radius 3 is 1.68 bits per heavy atom. The Hall–Kier alpha value is -4.28. The van der Waals surface area contributed by atoms with Gasteiger partial charge in [-0.15, -0.1) is 0 Å². The molecule has 3 aromatic carbocycles. The lowest BCUT2D eigenvalue weighted by molar-refractivity contribution is -0.113. The molecule has 1 fully saturated rings. The second kappa shape index (κ2) is 12.3. The number of rotatable bonds is 9. The molecule has 10 heteroatoms. The summed E-state index contributed by atoms with van der Waals surface area (Å²) in [5.74, 6) is 1.95. The van der Waals surface area contributed by atoms with Crippen molar-refractivity contribution in [3.05, 3.63) is 82.9 Å². The van der Waals surface area contributed by atoms with E-state index in [1.54, 1.807) is 74.9 Å². The summed E-state index contributed by atoms with van der Waals surface area (Å²) < 4.78 is 50.7. The van der Waals surface area contributed by atoms with Gasteiger partial charge in [0.05, 0.1) is 34.1 Å². The Bertz CT molecular complexity index is 1500. The van der Waals surface area contributed by atoms with E-state index in [9.17, 15) is 13.2 Å². The third-order valence-electron chi connectivity index (χ3n) is 6.54. The molecule has 0 amide bonds. The number of ketones is 1. The predicted molar refractivity (Wildman–Crippen MR) is 154 cm³/mol. The van der Waals surface area contributed by atoms with Gasteiger partial charge in [0.1, 0.15) is 4.90 Å². The van der Waals surface area contributed by atoms with Gasteiger partial charge in [-0.05, 0) is 72.5 Å². The molecule has 0 atom stereocenters. The summed E-state index contributed by atoms with van der Waals surface area (Å²) in [6.07, 6.45) is 3.85. The molecular weight excluding hydrogens is 532 g/mol. The number of nitrogens with one attached hydrogen (secondary N) is 1. The van der Waals surface area contributed by atoms with Crippen LogP contribution in [0.2, 0.25) is 0 Å². The molecule has 1 aliphatic rings. The van der Waals surface area contributed by atoms with Crippen LogP contribution >= 0.6 is 0 Å². The summed E-state index contributed by atoms with van der Waals surface area (Å²) in [7, 11) is 2.20. The molecule has 0 radical (unpaired) electrons. The number of hydrogen-bond acceptors (Lipinski definition) is 8. The number of nitrogens with two attached hydrogens (primary N) is 1. The first kappa shape index (κ1) is 28.7. The van der Waals surface area contributed by atoms with Crippen LogP contribution in [0.4, 0.5) is 5.69 Å². The van der Waals surface area contributed by atoms with E-state index in [1.165, 1.54) is 26.4 Å². The summed E-state index contributed by atoms with van der Waals surface area (Å²) in [5.41, 5.74) is 8.40. The molecule has 4 rings (SSSR count). The lowest BCUT2D eigenvalue weighted by atomic mass is 9.84. The number of ether oxygens (including phenoxy) is 4. The molecule has 1 aliphatic carbocycles. The van der Waals surface area contributed by atoms with Gasteiger partial charge in [0.25, 0.3) is 0 Å². The summed E-state index contributed by atoms with van der Waals surface area (Å²) >= 11 is 0. The molecule has 1 saturated carbocycles. The number of para-hydroxylation sites is 1. The maximum Gasteiger partial charge on any atom is 0.242 e. The number of Topliss-reactive ketones (excluding diaryl/α,β-unsaturated/α-hetero) is 1. The van der Waals surface area contributed by atoms with Crippen molar-refractivity contribution in [2.45, 2.75) is 23.8 Å². The Kier molecular flexibility index (Phi) is 8.81.